The lowest BCUT2D eigenvalue weighted by Crippen LogP contribution is -2.40. The average molecular weight is 648 g/mol. The number of likely N-dealkylation sites (N-methyl/N-ethyl adjacent to an activating group) is 1. The van der Waals surface area contributed by atoms with Gasteiger partial charge in [-0.3, -0.25) is 0 Å². The van der Waals surface area contributed by atoms with Crippen LogP contribution in [0.1, 0.15) is 51.3 Å². The van der Waals surface area contributed by atoms with Gasteiger partial charge in [-0.25, -0.2) is 14.2 Å². The average Bonchev–Trinajstić information content (AvgIpc) is 2.95. The van der Waals surface area contributed by atoms with Crippen LogP contribution in [-0.4, -0.2) is 57.2 Å². The van der Waals surface area contributed by atoms with Crippen LogP contribution in [0.4, 0.5) is 24.8 Å². The van der Waals surface area contributed by atoms with Gasteiger partial charge in [-0.1, -0.05) is 56.5 Å². The minimum atomic E-state index is -4.55. The highest BCUT2D eigenvalue weighted by molar-refractivity contribution is 8.11. The van der Waals surface area contributed by atoms with Crippen LogP contribution in [0.5, 0.6) is 5.75 Å². The molecule has 0 bridgehead atoms. The second-order valence-electron chi connectivity index (χ2n) is 11.2. The smallest absolute Gasteiger partial charge is 0.402 e. The number of hydrogen-bond donors (Lipinski definition) is 2. The molecule has 0 radical (unpaired) electrons. The van der Waals surface area contributed by atoms with Crippen molar-refractivity contribution in [2.24, 2.45) is 5.92 Å². The molecule has 3 unspecified atom stereocenters. The maximum Gasteiger partial charge on any atom is 0.402 e. The minimum absolute atomic E-state index is 0.00882. The van der Waals surface area contributed by atoms with Crippen molar-refractivity contribution in [1.82, 2.24) is 14.9 Å². The van der Waals surface area contributed by atoms with Gasteiger partial charge < -0.3 is 19.7 Å². The number of nitrogens with zero attached hydrogens (tertiary/aromatic N) is 3. The van der Waals surface area contributed by atoms with Gasteiger partial charge in [0.25, 0.3) is 0 Å². The number of thioether (sulfide) groups is 1. The largest absolute Gasteiger partial charge is 0.459 e. The summed E-state index contributed by atoms with van der Waals surface area (Å²) in [6.07, 6.45) is 0.127. The third kappa shape index (κ3) is 8.98. The first kappa shape index (κ1) is 33.8. The molecule has 4 rings (SSSR count). The SMILES string of the molecule is C=C(C)S/C(=C(/Oc1c(C)cc(NS(=O)CC(F)(F)F)c2ccccc12)C(C)CC)c1ccnc(NC2CCCN(C)C2)n1. The van der Waals surface area contributed by atoms with Crippen molar-refractivity contribution in [3.05, 3.63) is 71.1 Å². The van der Waals surface area contributed by atoms with Gasteiger partial charge in [0.15, 0.2) is 0 Å². The Balaban J connectivity index is 1.78. The Morgan fingerprint density at radius 3 is 2.66 bits per heavy atom. The van der Waals surface area contributed by atoms with Crippen LogP contribution in [-0.2, 0) is 11.0 Å². The van der Waals surface area contributed by atoms with Gasteiger partial charge in [0.05, 0.1) is 16.3 Å². The Hall–Kier alpha value is -3.09. The van der Waals surface area contributed by atoms with Gasteiger partial charge in [0.2, 0.25) is 5.95 Å². The summed E-state index contributed by atoms with van der Waals surface area (Å²) in [6.45, 7) is 14.1. The fraction of sp³-hybridized carbons (Fsp3) is 0.438. The predicted octanol–water partition coefficient (Wildman–Crippen LogP) is 8.14. The lowest BCUT2D eigenvalue weighted by molar-refractivity contribution is -0.105. The molecule has 1 saturated heterocycles. The number of halogens is 3. The summed E-state index contributed by atoms with van der Waals surface area (Å²) in [7, 11) is -0.226. The number of aromatic nitrogens is 2. The van der Waals surface area contributed by atoms with Crippen LogP contribution in [0, 0.1) is 12.8 Å². The van der Waals surface area contributed by atoms with Crippen molar-refractivity contribution in [2.45, 2.75) is 59.2 Å². The highest BCUT2D eigenvalue weighted by atomic mass is 32.2. The number of ether oxygens (including phenoxy) is 1. The number of likely N-dealkylation sites (tertiary alicyclic amines) is 1. The van der Waals surface area contributed by atoms with E-state index in [-0.39, 0.29) is 12.0 Å². The monoisotopic (exact) mass is 647 g/mol. The maximum atomic E-state index is 12.9. The van der Waals surface area contributed by atoms with Gasteiger partial charge in [0, 0.05) is 35.5 Å². The van der Waals surface area contributed by atoms with Gasteiger partial charge >= 0.3 is 6.18 Å². The molecule has 3 atom stereocenters. The molecule has 7 nitrogen and oxygen atoms in total. The molecule has 1 aromatic heterocycles. The second kappa shape index (κ2) is 14.8. The first-order chi connectivity index (χ1) is 20.8. The first-order valence-electron chi connectivity index (χ1n) is 14.6. The van der Waals surface area contributed by atoms with Gasteiger partial charge in [0.1, 0.15) is 28.2 Å². The topological polar surface area (TPSA) is 79.4 Å². The molecule has 0 aliphatic carbocycles. The van der Waals surface area contributed by atoms with Crippen LogP contribution < -0.4 is 14.8 Å². The molecule has 2 aromatic carbocycles. The highest BCUT2D eigenvalue weighted by Gasteiger charge is 2.31. The predicted molar refractivity (Wildman–Crippen MR) is 177 cm³/mol. The summed E-state index contributed by atoms with van der Waals surface area (Å²) >= 11 is 1.48. The van der Waals surface area contributed by atoms with Crippen LogP contribution in [0.15, 0.2) is 59.8 Å². The fourth-order valence-corrected chi connectivity index (χ4v) is 6.80. The number of anilines is 2. The zero-order valence-corrected chi connectivity index (χ0v) is 27.4. The molecule has 2 heterocycles. The Morgan fingerprint density at radius 1 is 1.27 bits per heavy atom. The van der Waals surface area contributed by atoms with E-state index < -0.39 is 22.9 Å². The van der Waals surface area contributed by atoms with Crippen molar-refractivity contribution in [2.75, 3.05) is 35.9 Å². The molecule has 1 fully saturated rings. The zero-order valence-electron chi connectivity index (χ0n) is 25.8. The van der Waals surface area contributed by atoms with Crippen molar-refractivity contribution in [1.29, 1.82) is 0 Å². The van der Waals surface area contributed by atoms with Crippen LogP contribution in [0.2, 0.25) is 0 Å². The summed E-state index contributed by atoms with van der Waals surface area (Å²) in [5.41, 5.74) is 1.73. The van der Waals surface area contributed by atoms with E-state index in [1.54, 1.807) is 24.4 Å². The Labute approximate surface area is 264 Å². The number of allylic oxidation sites excluding steroid dienone is 2. The summed E-state index contributed by atoms with van der Waals surface area (Å²) in [6, 6.07) is 11.0. The number of fused-ring (bicyclic) bond motifs is 1. The Bertz CT molecular complexity index is 1550. The highest BCUT2D eigenvalue weighted by Crippen LogP contribution is 2.42. The number of piperidine rings is 1. The fourth-order valence-electron chi connectivity index (χ4n) is 5.11. The lowest BCUT2D eigenvalue weighted by atomic mass is 10.0. The maximum absolute atomic E-state index is 12.9. The van der Waals surface area contributed by atoms with Crippen molar-refractivity contribution in [3.8, 4) is 5.75 Å². The Kier molecular flexibility index (Phi) is 11.4. The van der Waals surface area contributed by atoms with E-state index >= 15 is 0 Å². The third-order valence-electron chi connectivity index (χ3n) is 7.32. The number of hydrogen-bond acceptors (Lipinski definition) is 7. The first-order valence-corrected chi connectivity index (χ1v) is 16.8. The van der Waals surface area contributed by atoms with Crippen LogP contribution >= 0.6 is 11.8 Å². The molecule has 1 aliphatic rings. The molecule has 1 aliphatic heterocycles. The quantitative estimate of drug-likeness (QED) is 0.192. The van der Waals surface area contributed by atoms with E-state index in [1.807, 2.05) is 32.0 Å². The van der Waals surface area contributed by atoms with Crippen LogP contribution in [0.25, 0.3) is 15.7 Å². The normalized spacial score (nSPS) is 18.0. The number of benzene rings is 2. The van der Waals surface area contributed by atoms with E-state index in [1.165, 1.54) is 11.8 Å². The summed E-state index contributed by atoms with van der Waals surface area (Å²) in [5.74, 6) is 0.368. The molecular weight excluding hydrogens is 608 g/mol. The third-order valence-corrected chi connectivity index (χ3v) is 9.32. The van der Waals surface area contributed by atoms with Gasteiger partial charge in [-0.15, -0.1) is 0 Å². The molecule has 44 heavy (non-hydrogen) atoms. The van der Waals surface area contributed by atoms with Crippen molar-refractivity contribution < 1.29 is 22.1 Å². The molecule has 0 saturated carbocycles. The molecule has 2 N–H and O–H groups in total. The summed E-state index contributed by atoms with van der Waals surface area (Å²) in [5, 5.41) is 4.79. The minimum Gasteiger partial charge on any atom is -0.459 e. The molecule has 0 spiro atoms. The Morgan fingerprint density at radius 2 is 2.00 bits per heavy atom. The van der Waals surface area contributed by atoms with E-state index in [2.05, 4.69) is 47.4 Å². The van der Waals surface area contributed by atoms with Crippen molar-refractivity contribution >= 4 is 50.1 Å². The van der Waals surface area contributed by atoms with E-state index in [0.29, 0.717) is 45.2 Å². The number of nitrogens with one attached hydrogen (secondary N) is 2. The van der Waals surface area contributed by atoms with E-state index in [9.17, 15) is 17.4 Å². The number of rotatable bonds is 12. The molecule has 238 valence electrons. The molecule has 12 heteroatoms. The summed E-state index contributed by atoms with van der Waals surface area (Å²) < 4.78 is 60.4. The van der Waals surface area contributed by atoms with E-state index in [4.69, 9.17) is 9.72 Å². The number of alkyl halides is 3. The summed E-state index contributed by atoms with van der Waals surface area (Å²) in [4.78, 5) is 13.4. The van der Waals surface area contributed by atoms with Gasteiger partial charge in [-0.2, -0.15) is 13.2 Å². The van der Waals surface area contributed by atoms with Gasteiger partial charge in [-0.05, 0) is 69.3 Å². The number of aryl methyl sites for hydroxylation is 1. The molecule has 0 amide bonds. The van der Waals surface area contributed by atoms with Crippen molar-refractivity contribution in [3.63, 3.8) is 0 Å². The van der Waals surface area contributed by atoms with E-state index in [0.717, 1.165) is 42.2 Å². The molecular formula is C32H40F3N5O2S2. The second-order valence-corrected chi connectivity index (χ2v) is 13.7. The van der Waals surface area contributed by atoms with Crippen LogP contribution in [0.3, 0.4) is 0 Å². The lowest BCUT2D eigenvalue weighted by Gasteiger charge is -2.30. The molecule has 3 aromatic rings. The zero-order chi connectivity index (χ0) is 32.0. The standard InChI is InChI=1S/C32H40F3N5O2S2/c1-7-21(4)29(30(43-20(2)3)26-14-15-36-31(38-26)37-23-11-10-16-40(6)18-23)42-28-22(5)17-27(24-12-8-9-13-25(24)28)39-44(41)19-32(33,34)35/h8-9,12-15,17,21,23,39H,2,7,10-11,16,18-19H2,1,3-6H3,(H,36,37,38)/b30-29+.